The number of carbonyl (C=O) groups is 1. The molecule has 1 aliphatic carbocycles. The van der Waals surface area contributed by atoms with Crippen molar-refractivity contribution in [1.82, 2.24) is 0 Å². The van der Waals surface area contributed by atoms with E-state index in [0.29, 0.717) is 35.4 Å². The van der Waals surface area contributed by atoms with Crippen molar-refractivity contribution < 1.29 is 14.6 Å². The highest BCUT2D eigenvalue weighted by atomic mass is 79.9. The maximum Gasteiger partial charge on any atom is 0.162 e. The summed E-state index contributed by atoms with van der Waals surface area (Å²) < 4.78 is 6.19. The molecule has 0 spiro atoms. The molecule has 1 atom stereocenters. The van der Waals surface area contributed by atoms with Crippen molar-refractivity contribution in [2.45, 2.75) is 32.6 Å². The molecule has 1 unspecified atom stereocenters. The molecule has 1 aliphatic heterocycles. The van der Waals surface area contributed by atoms with Crippen molar-refractivity contribution in [2.75, 3.05) is 12.0 Å². The van der Waals surface area contributed by atoms with Gasteiger partial charge in [0.25, 0.3) is 0 Å². The van der Waals surface area contributed by atoms with Gasteiger partial charge in [-0.3, -0.25) is 9.69 Å². The first-order valence-corrected chi connectivity index (χ1v) is 11.0. The lowest BCUT2D eigenvalue weighted by Crippen LogP contribution is -2.42. The number of methoxy groups -OCH3 is 1. The fourth-order valence-corrected chi connectivity index (χ4v) is 4.87. The summed E-state index contributed by atoms with van der Waals surface area (Å²) in [6.45, 7) is 4.12. The third-order valence-electron chi connectivity index (χ3n) is 6.00. The van der Waals surface area contributed by atoms with E-state index in [1.165, 1.54) is 13.2 Å². The standard InChI is InChI=1S/C25H24BrN3O3/c1-25(2)11-18-23(20(31)12-25)22(14-4-9-19(30)21(10-14)32-3)17(13-27)24(28)29(18)16-7-5-15(26)6-8-16/h4-10,22,30H,11-12,28H2,1-3H3. The SMILES string of the molecule is COc1cc(C2C(C#N)=C(N)N(c3ccc(Br)cc3)C3=C2C(=O)CC(C)(C)C3)ccc1O. The Morgan fingerprint density at radius 1 is 1.22 bits per heavy atom. The molecule has 0 fully saturated rings. The highest BCUT2D eigenvalue weighted by molar-refractivity contribution is 9.10. The van der Waals surface area contributed by atoms with Crippen LogP contribution < -0.4 is 15.4 Å². The van der Waals surface area contributed by atoms with E-state index >= 15 is 0 Å². The van der Waals surface area contributed by atoms with Gasteiger partial charge < -0.3 is 15.6 Å². The Morgan fingerprint density at radius 3 is 2.53 bits per heavy atom. The Balaban J connectivity index is 1.99. The summed E-state index contributed by atoms with van der Waals surface area (Å²) >= 11 is 3.45. The van der Waals surface area contributed by atoms with Crippen molar-refractivity contribution >= 4 is 27.4 Å². The van der Waals surface area contributed by atoms with Crippen LogP contribution in [0.5, 0.6) is 11.5 Å². The second-order valence-electron chi connectivity index (χ2n) is 8.89. The summed E-state index contributed by atoms with van der Waals surface area (Å²) in [6.07, 6.45) is 1.01. The average Bonchev–Trinajstić information content (AvgIpc) is 2.73. The van der Waals surface area contributed by atoms with Crippen LogP contribution in [-0.4, -0.2) is 18.0 Å². The van der Waals surface area contributed by atoms with Crippen LogP contribution in [0.2, 0.25) is 0 Å². The molecule has 164 valence electrons. The van der Waals surface area contributed by atoms with Crippen molar-refractivity contribution in [2.24, 2.45) is 11.1 Å². The van der Waals surface area contributed by atoms with Crippen molar-refractivity contribution in [3.8, 4) is 17.6 Å². The van der Waals surface area contributed by atoms with Gasteiger partial charge in [-0.05, 0) is 53.8 Å². The number of anilines is 1. The van der Waals surface area contributed by atoms with Crippen LogP contribution >= 0.6 is 15.9 Å². The van der Waals surface area contributed by atoms with Gasteiger partial charge in [0, 0.05) is 27.9 Å². The van der Waals surface area contributed by atoms with Gasteiger partial charge in [-0.25, -0.2) is 0 Å². The number of phenolic OH excluding ortho intramolecular Hbond substituents is 1. The minimum absolute atomic E-state index is 0.00402. The Bertz CT molecular complexity index is 1210. The Hall–Kier alpha value is -3.24. The molecule has 0 saturated carbocycles. The molecular formula is C25H24BrN3O3. The van der Waals surface area contributed by atoms with Gasteiger partial charge in [-0.1, -0.05) is 35.8 Å². The highest BCUT2D eigenvalue weighted by Crippen LogP contribution is 2.50. The summed E-state index contributed by atoms with van der Waals surface area (Å²) in [7, 11) is 1.46. The third kappa shape index (κ3) is 3.65. The summed E-state index contributed by atoms with van der Waals surface area (Å²) in [5, 5.41) is 20.2. The molecule has 4 rings (SSSR count). The average molecular weight is 494 g/mol. The fraction of sp³-hybridized carbons (Fsp3) is 0.280. The van der Waals surface area contributed by atoms with Crippen LogP contribution in [0.25, 0.3) is 0 Å². The van der Waals surface area contributed by atoms with Crippen LogP contribution in [0.1, 0.15) is 38.2 Å². The molecule has 0 bridgehead atoms. The predicted molar refractivity (Wildman–Crippen MR) is 126 cm³/mol. The molecule has 0 aromatic heterocycles. The molecule has 0 radical (unpaired) electrons. The first-order chi connectivity index (χ1) is 15.2. The molecular weight excluding hydrogens is 470 g/mol. The molecule has 3 N–H and O–H groups in total. The van der Waals surface area contributed by atoms with Gasteiger partial charge in [0.1, 0.15) is 5.82 Å². The van der Waals surface area contributed by atoms with E-state index in [4.69, 9.17) is 10.5 Å². The Morgan fingerprint density at radius 2 is 1.91 bits per heavy atom. The molecule has 7 heteroatoms. The fourth-order valence-electron chi connectivity index (χ4n) is 4.60. The van der Waals surface area contributed by atoms with Crippen molar-refractivity contribution in [3.05, 3.63) is 75.2 Å². The number of carbonyl (C=O) groups excluding carboxylic acids is 1. The minimum Gasteiger partial charge on any atom is -0.504 e. The highest BCUT2D eigenvalue weighted by Gasteiger charge is 2.44. The number of allylic oxidation sites excluding steroid dienone is 3. The van der Waals surface area contributed by atoms with Gasteiger partial charge >= 0.3 is 0 Å². The quantitative estimate of drug-likeness (QED) is 0.616. The number of hydrogen-bond acceptors (Lipinski definition) is 6. The molecule has 1 heterocycles. The lowest BCUT2D eigenvalue weighted by atomic mass is 9.68. The van der Waals surface area contributed by atoms with Gasteiger partial charge in [-0.2, -0.15) is 5.26 Å². The Kier molecular flexibility index (Phi) is 5.51. The zero-order valence-electron chi connectivity index (χ0n) is 18.1. The second kappa shape index (κ2) is 8.03. The van der Waals surface area contributed by atoms with E-state index in [0.717, 1.165) is 15.9 Å². The van der Waals surface area contributed by atoms with E-state index in [1.807, 2.05) is 29.2 Å². The first-order valence-electron chi connectivity index (χ1n) is 10.3. The number of ketones is 1. The van der Waals surface area contributed by atoms with E-state index in [-0.39, 0.29) is 22.7 Å². The lowest BCUT2D eigenvalue weighted by Gasteiger charge is -2.43. The monoisotopic (exact) mass is 493 g/mol. The first kappa shape index (κ1) is 22.0. The van der Waals surface area contributed by atoms with Crippen molar-refractivity contribution in [1.29, 1.82) is 5.26 Å². The maximum absolute atomic E-state index is 13.5. The number of nitrogens with zero attached hydrogens (tertiary/aromatic N) is 2. The second-order valence-corrected chi connectivity index (χ2v) is 9.80. The van der Waals surface area contributed by atoms with Crippen LogP contribution in [0, 0.1) is 16.7 Å². The lowest BCUT2D eigenvalue weighted by molar-refractivity contribution is -0.118. The number of nitrogens with two attached hydrogens (primary N) is 1. The van der Waals surface area contributed by atoms with E-state index in [2.05, 4.69) is 35.8 Å². The molecule has 2 aliphatic rings. The number of aromatic hydroxyl groups is 1. The summed E-state index contributed by atoms with van der Waals surface area (Å²) in [6, 6.07) is 14.8. The normalized spacial score (nSPS) is 20.2. The minimum atomic E-state index is -0.625. The summed E-state index contributed by atoms with van der Waals surface area (Å²) in [5.41, 5.74) is 9.52. The topological polar surface area (TPSA) is 99.6 Å². The molecule has 2 aromatic rings. The summed E-state index contributed by atoms with van der Waals surface area (Å²) in [4.78, 5) is 15.3. The van der Waals surface area contributed by atoms with Gasteiger partial charge in [0.05, 0.1) is 24.7 Å². The van der Waals surface area contributed by atoms with Gasteiger partial charge in [0.15, 0.2) is 17.3 Å². The molecule has 2 aromatic carbocycles. The molecule has 32 heavy (non-hydrogen) atoms. The molecule has 0 amide bonds. The number of Topliss-reactive ketones (excluding diaryl/α,β-unsaturated/α-hetero) is 1. The predicted octanol–water partition coefficient (Wildman–Crippen LogP) is 5.10. The zero-order valence-corrected chi connectivity index (χ0v) is 19.7. The van der Waals surface area contributed by atoms with Crippen LogP contribution in [0.3, 0.4) is 0 Å². The third-order valence-corrected chi connectivity index (χ3v) is 6.53. The number of ether oxygens (including phenoxy) is 1. The van der Waals surface area contributed by atoms with Gasteiger partial charge in [0.2, 0.25) is 0 Å². The van der Waals surface area contributed by atoms with Gasteiger partial charge in [-0.15, -0.1) is 0 Å². The zero-order chi connectivity index (χ0) is 23.2. The molecule has 0 saturated heterocycles. The van der Waals surface area contributed by atoms with Crippen LogP contribution in [0.4, 0.5) is 5.69 Å². The van der Waals surface area contributed by atoms with E-state index in [9.17, 15) is 15.2 Å². The largest absolute Gasteiger partial charge is 0.504 e. The van der Waals surface area contributed by atoms with E-state index in [1.54, 1.807) is 12.1 Å². The molecule has 6 nitrogen and oxygen atoms in total. The van der Waals surface area contributed by atoms with Crippen LogP contribution in [0.15, 0.2) is 69.6 Å². The smallest absolute Gasteiger partial charge is 0.162 e. The number of hydrogen-bond donors (Lipinski definition) is 2. The number of rotatable bonds is 3. The number of phenols is 1. The van der Waals surface area contributed by atoms with Crippen LogP contribution in [-0.2, 0) is 4.79 Å². The number of nitriles is 1. The maximum atomic E-state index is 13.5. The summed E-state index contributed by atoms with van der Waals surface area (Å²) in [5.74, 6) is -0.0599. The van der Waals surface area contributed by atoms with Crippen molar-refractivity contribution in [3.63, 3.8) is 0 Å². The van der Waals surface area contributed by atoms with E-state index < -0.39 is 5.92 Å². The number of benzene rings is 2. The number of halogens is 1. The Labute approximate surface area is 195 Å².